The van der Waals surface area contributed by atoms with Crippen LogP contribution in [-0.4, -0.2) is 28.0 Å². The van der Waals surface area contributed by atoms with Gasteiger partial charge in [0.25, 0.3) is 0 Å². The molecule has 1 aliphatic rings. The van der Waals surface area contributed by atoms with Crippen LogP contribution in [0.25, 0.3) is 0 Å². The van der Waals surface area contributed by atoms with E-state index in [2.05, 4.69) is 32.0 Å². The zero-order valence-electron chi connectivity index (χ0n) is 13.1. The lowest BCUT2D eigenvalue weighted by molar-refractivity contribution is 0.367. The molecule has 2 aromatic rings. The maximum absolute atomic E-state index is 4.35. The summed E-state index contributed by atoms with van der Waals surface area (Å²) in [5, 5.41) is 0. The second-order valence-electron chi connectivity index (χ2n) is 6.08. The predicted octanol–water partition coefficient (Wildman–Crippen LogP) is 3.50. The van der Waals surface area contributed by atoms with E-state index in [1.54, 1.807) is 0 Å². The highest BCUT2D eigenvalue weighted by molar-refractivity contribution is 5.28. The van der Waals surface area contributed by atoms with Gasteiger partial charge in [-0.05, 0) is 55.4 Å². The van der Waals surface area contributed by atoms with Crippen LogP contribution >= 0.6 is 0 Å². The predicted molar refractivity (Wildman–Crippen MR) is 88.8 cm³/mol. The molecule has 0 bridgehead atoms. The lowest BCUT2D eigenvalue weighted by Gasteiger charge is -2.31. The molecule has 0 unspecified atom stereocenters. The maximum atomic E-state index is 4.35. The number of pyridine rings is 1. The standard InChI is InChI=1S/C18H24N4/c1(4-16-6-12-19-13-7-16)2-5-17-8-14-22(15-9-17)18-20-10-3-11-21-18/h3,6-7,10-13,17H,1-2,4-5,8-9,14-15H2. The fourth-order valence-electron chi connectivity index (χ4n) is 3.19. The monoisotopic (exact) mass is 296 g/mol. The van der Waals surface area contributed by atoms with Crippen LogP contribution in [0.1, 0.15) is 37.7 Å². The average Bonchev–Trinajstić information content (AvgIpc) is 2.61. The highest BCUT2D eigenvalue weighted by atomic mass is 15.2. The van der Waals surface area contributed by atoms with Crippen molar-refractivity contribution in [2.75, 3.05) is 18.0 Å². The molecule has 4 heteroatoms. The molecule has 0 aliphatic carbocycles. The lowest BCUT2D eigenvalue weighted by atomic mass is 9.91. The molecule has 1 aliphatic heterocycles. The molecule has 1 saturated heterocycles. The van der Waals surface area contributed by atoms with E-state index >= 15 is 0 Å². The van der Waals surface area contributed by atoms with Crippen molar-refractivity contribution in [3.05, 3.63) is 48.5 Å². The number of aromatic nitrogens is 3. The van der Waals surface area contributed by atoms with Crippen LogP contribution in [0.15, 0.2) is 43.0 Å². The van der Waals surface area contributed by atoms with Crippen molar-refractivity contribution in [2.24, 2.45) is 5.92 Å². The molecule has 0 amide bonds. The minimum Gasteiger partial charge on any atom is -0.341 e. The Balaban J connectivity index is 1.34. The zero-order chi connectivity index (χ0) is 15.0. The van der Waals surface area contributed by atoms with Crippen molar-refractivity contribution in [3.63, 3.8) is 0 Å². The summed E-state index contributed by atoms with van der Waals surface area (Å²) in [6, 6.07) is 6.12. The molecule has 2 aromatic heterocycles. The Bertz CT molecular complexity index is 536. The summed E-state index contributed by atoms with van der Waals surface area (Å²) in [5.74, 6) is 1.76. The van der Waals surface area contributed by atoms with E-state index < -0.39 is 0 Å². The van der Waals surface area contributed by atoms with Gasteiger partial charge in [0.05, 0.1) is 0 Å². The number of piperidine rings is 1. The Morgan fingerprint density at radius 1 is 0.955 bits per heavy atom. The molecular weight excluding hydrogens is 272 g/mol. The van der Waals surface area contributed by atoms with Gasteiger partial charge in [0.1, 0.15) is 0 Å². The topological polar surface area (TPSA) is 41.9 Å². The van der Waals surface area contributed by atoms with Gasteiger partial charge in [0.15, 0.2) is 0 Å². The normalized spacial score (nSPS) is 15.9. The second-order valence-corrected chi connectivity index (χ2v) is 6.08. The van der Waals surface area contributed by atoms with Crippen LogP contribution in [0, 0.1) is 5.92 Å². The molecular formula is C18H24N4. The number of unbranched alkanes of at least 4 members (excludes halogenated alkanes) is 1. The van der Waals surface area contributed by atoms with Gasteiger partial charge in [0.2, 0.25) is 5.95 Å². The van der Waals surface area contributed by atoms with Crippen molar-refractivity contribution in [1.29, 1.82) is 0 Å². The molecule has 4 nitrogen and oxygen atoms in total. The third kappa shape index (κ3) is 4.26. The summed E-state index contributed by atoms with van der Waals surface area (Å²) >= 11 is 0. The molecule has 0 atom stereocenters. The van der Waals surface area contributed by atoms with Crippen LogP contribution in [0.2, 0.25) is 0 Å². The molecule has 3 heterocycles. The van der Waals surface area contributed by atoms with E-state index in [1.165, 1.54) is 44.1 Å². The van der Waals surface area contributed by atoms with E-state index in [1.807, 2.05) is 30.9 Å². The van der Waals surface area contributed by atoms with Gasteiger partial charge in [0, 0.05) is 37.9 Å². The Kier molecular flexibility index (Phi) is 5.35. The zero-order valence-corrected chi connectivity index (χ0v) is 13.1. The quantitative estimate of drug-likeness (QED) is 0.765. The third-order valence-corrected chi connectivity index (χ3v) is 4.53. The first kappa shape index (κ1) is 14.9. The van der Waals surface area contributed by atoms with Gasteiger partial charge in [-0.3, -0.25) is 4.98 Å². The molecule has 0 saturated carbocycles. The summed E-state index contributed by atoms with van der Waals surface area (Å²) in [4.78, 5) is 15.1. The minimum absolute atomic E-state index is 0.873. The van der Waals surface area contributed by atoms with Crippen molar-refractivity contribution in [2.45, 2.75) is 38.5 Å². The number of anilines is 1. The van der Waals surface area contributed by atoms with Gasteiger partial charge >= 0.3 is 0 Å². The largest absolute Gasteiger partial charge is 0.341 e. The Hall–Kier alpha value is -1.97. The van der Waals surface area contributed by atoms with Crippen molar-refractivity contribution in [1.82, 2.24) is 15.0 Å². The molecule has 0 spiro atoms. The number of hydrogen-bond acceptors (Lipinski definition) is 4. The molecule has 0 radical (unpaired) electrons. The van der Waals surface area contributed by atoms with E-state index in [4.69, 9.17) is 0 Å². The lowest BCUT2D eigenvalue weighted by Crippen LogP contribution is -2.34. The number of rotatable bonds is 6. The Labute approximate surface area is 132 Å². The fourth-order valence-corrected chi connectivity index (χ4v) is 3.19. The first-order valence-corrected chi connectivity index (χ1v) is 8.33. The van der Waals surface area contributed by atoms with E-state index in [-0.39, 0.29) is 0 Å². The Morgan fingerprint density at radius 3 is 2.41 bits per heavy atom. The molecule has 3 rings (SSSR count). The first-order valence-electron chi connectivity index (χ1n) is 8.33. The number of hydrogen-bond donors (Lipinski definition) is 0. The average molecular weight is 296 g/mol. The number of nitrogens with zero attached hydrogens (tertiary/aromatic N) is 4. The van der Waals surface area contributed by atoms with Gasteiger partial charge in [-0.2, -0.15) is 0 Å². The van der Waals surface area contributed by atoms with Gasteiger partial charge in [-0.1, -0.05) is 12.8 Å². The Morgan fingerprint density at radius 2 is 1.68 bits per heavy atom. The minimum atomic E-state index is 0.873. The maximum Gasteiger partial charge on any atom is 0.225 e. The fraction of sp³-hybridized carbons (Fsp3) is 0.500. The van der Waals surface area contributed by atoms with E-state index in [0.29, 0.717) is 0 Å². The highest BCUT2D eigenvalue weighted by Crippen LogP contribution is 2.24. The summed E-state index contributed by atoms with van der Waals surface area (Å²) < 4.78 is 0. The van der Waals surface area contributed by atoms with Gasteiger partial charge in [-0.25, -0.2) is 9.97 Å². The number of aryl methyl sites for hydroxylation is 1. The second kappa shape index (κ2) is 7.87. The summed E-state index contributed by atoms with van der Waals surface area (Å²) in [6.07, 6.45) is 15.1. The van der Waals surface area contributed by atoms with Gasteiger partial charge < -0.3 is 4.90 Å². The van der Waals surface area contributed by atoms with Crippen molar-refractivity contribution >= 4 is 5.95 Å². The van der Waals surface area contributed by atoms with E-state index in [0.717, 1.165) is 25.0 Å². The summed E-state index contributed by atoms with van der Waals surface area (Å²) in [6.45, 7) is 2.19. The van der Waals surface area contributed by atoms with Crippen LogP contribution in [-0.2, 0) is 6.42 Å². The van der Waals surface area contributed by atoms with Crippen LogP contribution in [0.5, 0.6) is 0 Å². The SMILES string of the molecule is c1cnc(N2CCC(CCCCc3ccncc3)CC2)nc1. The third-order valence-electron chi connectivity index (χ3n) is 4.53. The smallest absolute Gasteiger partial charge is 0.225 e. The summed E-state index contributed by atoms with van der Waals surface area (Å²) in [5.41, 5.74) is 1.41. The van der Waals surface area contributed by atoms with E-state index in [9.17, 15) is 0 Å². The van der Waals surface area contributed by atoms with Crippen LogP contribution in [0.3, 0.4) is 0 Å². The first-order chi connectivity index (χ1) is 10.9. The van der Waals surface area contributed by atoms with Crippen LogP contribution in [0.4, 0.5) is 5.95 Å². The molecule has 22 heavy (non-hydrogen) atoms. The summed E-state index contributed by atoms with van der Waals surface area (Å²) in [7, 11) is 0. The van der Waals surface area contributed by atoms with Crippen LogP contribution < -0.4 is 4.90 Å². The van der Waals surface area contributed by atoms with Crippen molar-refractivity contribution < 1.29 is 0 Å². The highest BCUT2D eigenvalue weighted by Gasteiger charge is 2.20. The molecule has 1 fully saturated rings. The molecule has 116 valence electrons. The van der Waals surface area contributed by atoms with Crippen molar-refractivity contribution in [3.8, 4) is 0 Å². The molecule has 0 N–H and O–H groups in total. The molecule has 0 aromatic carbocycles. The van der Waals surface area contributed by atoms with Gasteiger partial charge in [-0.15, -0.1) is 0 Å².